The Kier molecular flexibility index (Phi) is 2.46. The molecule has 0 aliphatic rings. The van der Waals surface area contributed by atoms with Crippen LogP contribution >= 0.6 is 0 Å². The third-order valence-electron chi connectivity index (χ3n) is 2.15. The van der Waals surface area contributed by atoms with E-state index in [-0.39, 0.29) is 0 Å². The molecule has 0 radical (unpaired) electrons. The molecule has 0 atom stereocenters. The number of nitrogens with zero attached hydrogens (tertiary/aromatic N) is 2. The van der Waals surface area contributed by atoms with E-state index in [0.717, 1.165) is 5.56 Å². The van der Waals surface area contributed by atoms with Crippen LogP contribution in [0.15, 0.2) is 30.3 Å². The average Bonchev–Trinajstić information content (AvgIpc) is 2.17. The average molecular weight is 202 g/mol. The number of hydrogen-bond donors (Lipinski definition) is 0. The first-order valence-electron chi connectivity index (χ1n) is 4.73. The third kappa shape index (κ3) is 2.18. The van der Waals surface area contributed by atoms with Crippen molar-refractivity contribution in [2.45, 2.75) is 13.8 Å². The lowest BCUT2D eigenvalue weighted by molar-refractivity contribution is 0.575. The van der Waals surface area contributed by atoms with Gasteiger partial charge < -0.3 is 0 Å². The van der Waals surface area contributed by atoms with Crippen molar-refractivity contribution in [3.05, 3.63) is 47.7 Å². The van der Waals surface area contributed by atoms with Crippen LogP contribution < -0.4 is 0 Å². The Labute approximate surface area is 87.8 Å². The SMILES string of the molecule is Cc1ccc(-c2cc(F)nc(C)n2)cc1. The van der Waals surface area contributed by atoms with Crippen LogP contribution in [0, 0.1) is 19.8 Å². The van der Waals surface area contributed by atoms with E-state index in [4.69, 9.17) is 0 Å². The standard InChI is InChI=1S/C12H11FN2/c1-8-3-5-10(6-4-8)11-7-12(13)15-9(2)14-11/h3-7H,1-2H3. The highest BCUT2D eigenvalue weighted by Crippen LogP contribution is 2.17. The summed E-state index contributed by atoms with van der Waals surface area (Å²) < 4.78 is 13.0. The van der Waals surface area contributed by atoms with Crippen molar-refractivity contribution in [1.29, 1.82) is 0 Å². The maximum Gasteiger partial charge on any atom is 0.216 e. The molecule has 0 N–H and O–H groups in total. The fourth-order valence-electron chi connectivity index (χ4n) is 1.40. The van der Waals surface area contributed by atoms with Crippen LogP contribution in [0.25, 0.3) is 11.3 Å². The fourth-order valence-corrected chi connectivity index (χ4v) is 1.40. The van der Waals surface area contributed by atoms with Crippen LogP contribution in [0.5, 0.6) is 0 Å². The van der Waals surface area contributed by atoms with Crippen LogP contribution in [0.3, 0.4) is 0 Å². The van der Waals surface area contributed by atoms with Crippen molar-refractivity contribution < 1.29 is 4.39 Å². The molecule has 0 fully saturated rings. The quantitative estimate of drug-likeness (QED) is 0.664. The molecule has 1 aromatic carbocycles. The minimum atomic E-state index is -0.488. The Morgan fingerprint density at radius 1 is 1.00 bits per heavy atom. The van der Waals surface area contributed by atoms with Gasteiger partial charge in [-0.1, -0.05) is 29.8 Å². The van der Waals surface area contributed by atoms with Gasteiger partial charge in [-0.15, -0.1) is 0 Å². The number of aromatic nitrogens is 2. The first-order chi connectivity index (χ1) is 7.15. The molecule has 0 bridgehead atoms. The molecule has 0 amide bonds. The maximum atomic E-state index is 13.0. The zero-order valence-electron chi connectivity index (χ0n) is 8.66. The molecular formula is C12H11FN2. The number of halogens is 1. The highest BCUT2D eigenvalue weighted by atomic mass is 19.1. The lowest BCUT2D eigenvalue weighted by Crippen LogP contribution is -1.94. The molecule has 2 nitrogen and oxygen atoms in total. The second-order valence-electron chi connectivity index (χ2n) is 3.49. The predicted octanol–water partition coefficient (Wildman–Crippen LogP) is 2.90. The predicted molar refractivity (Wildman–Crippen MR) is 56.9 cm³/mol. The molecule has 1 aromatic heterocycles. The van der Waals surface area contributed by atoms with Crippen LogP contribution in [-0.4, -0.2) is 9.97 Å². The second-order valence-corrected chi connectivity index (χ2v) is 3.49. The van der Waals surface area contributed by atoms with E-state index in [1.54, 1.807) is 6.92 Å². The molecule has 2 rings (SSSR count). The molecule has 0 aliphatic carbocycles. The topological polar surface area (TPSA) is 25.8 Å². The van der Waals surface area contributed by atoms with Gasteiger partial charge in [-0.25, -0.2) is 9.97 Å². The lowest BCUT2D eigenvalue weighted by atomic mass is 10.1. The van der Waals surface area contributed by atoms with Gasteiger partial charge in [0.05, 0.1) is 5.69 Å². The molecule has 0 spiro atoms. The smallest absolute Gasteiger partial charge is 0.216 e. The van der Waals surface area contributed by atoms with Gasteiger partial charge in [-0.3, -0.25) is 0 Å². The highest BCUT2D eigenvalue weighted by Gasteiger charge is 2.03. The highest BCUT2D eigenvalue weighted by molar-refractivity contribution is 5.58. The molecule has 3 heteroatoms. The third-order valence-corrected chi connectivity index (χ3v) is 2.15. The van der Waals surface area contributed by atoms with Gasteiger partial charge in [0.1, 0.15) is 5.82 Å². The first-order valence-corrected chi connectivity index (χ1v) is 4.73. The first kappa shape index (κ1) is 9.77. The van der Waals surface area contributed by atoms with Crippen molar-refractivity contribution in [1.82, 2.24) is 9.97 Å². The zero-order chi connectivity index (χ0) is 10.8. The molecule has 76 valence electrons. The van der Waals surface area contributed by atoms with E-state index in [0.29, 0.717) is 11.5 Å². The Bertz CT molecular complexity index is 457. The van der Waals surface area contributed by atoms with E-state index in [2.05, 4.69) is 9.97 Å². The van der Waals surface area contributed by atoms with Gasteiger partial charge in [0, 0.05) is 11.6 Å². The summed E-state index contributed by atoms with van der Waals surface area (Å²) in [5, 5.41) is 0. The van der Waals surface area contributed by atoms with Crippen molar-refractivity contribution in [3.63, 3.8) is 0 Å². The molecule has 0 aliphatic heterocycles. The molecule has 0 unspecified atom stereocenters. The lowest BCUT2D eigenvalue weighted by Gasteiger charge is -2.02. The summed E-state index contributed by atoms with van der Waals surface area (Å²) in [4.78, 5) is 7.78. The summed E-state index contributed by atoms with van der Waals surface area (Å²) in [5.41, 5.74) is 2.70. The van der Waals surface area contributed by atoms with Crippen LogP contribution in [-0.2, 0) is 0 Å². The van der Waals surface area contributed by atoms with Crippen LogP contribution in [0.2, 0.25) is 0 Å². The van der Waals surface area contributed by atoms with Crippen molar-refractivity contribution >= 4 is 0 Å². The largest absolute Gasteiger partial charge is 0.233 e. The number of aryl methyl sites for hydroxylation is 2. The van der Waals surface area contributed by atoms with Crippen molar-refractivity contribution in [2.75, 3.05) is 0 Å². The normalized spacial score (nSPS) is 10.3. The molecule has 15 heavy (non-hydrogen) atoms. The van der Waals surface area contributed by atoms with Crippen LogP contribution in [0.4, 0.5) is 4.39 Å². The summed E-state index contributed by atoms with van der Waals surface area (Å²) >= 11 is 0. The fraction of sp³-hybridized carbons (Fsp3) is 0.167. The minimum Gasteiger partial charge on any atom is -0.233 e. The van der Waals surface area contributed by atoms with Gasteiger partial charge in [-0.2, -0.15) is 4.39 Å². The van der Waals surface area contributed by atoms with Crippen molar-refractivity contribution in [3.8, 4) is 11.3 Å². The van der Waals surface area contributed by atoms with Gasteiger partial charge in [0.15, 0.2) is 0 Å². The number of benzene rings is 1. The Hall–Kier alpha value is -1.77. The molecular weight excluding hydrogens is 191 g/mol. The Balaban J connectivity index is 2.49. The summed E-state index contributed by atoms with van der Waals surface area (Å²) in [6.07, 6.45) is 0. The van der Waals surface area contributed by atoms with E-state index >= 15 is 0 Å². The molecule has 2 aromatic rings. The second kappa shape index (κ2) is 3.77. The molecule has 1 heterocycles. The summed E-state index contributed by atoms with van der Waals surface area (Å²) in [6, 6.07) is 9.15. The molecule has 0 saturated heterocycles. The van der Waals surface area contributed by atoms with Gasteiger partial charge >= 0.3 is 0 Å². The summed E-state index contributed by atoms with van der Waals surface area (Å²) in [5.74, 6) is -0.0383. The summed E-state index contributed by atoms with van der Waals surface area (Å²) in [6.45, 7) is 3.69. The van der Waals surface area contributed by atoms with Crippen LogP contribution in [0.1, 0.15) is 11.4 Å². The van der Waals surface area contributed by atoms with E-state index in [1.807, 2.05) is 31.2 Å². The zero-order valence-corrected chi connectivity index (χ0v) is 8.66. The summed E-state index contributed by atoms with van der Waals surface area (Å²) in [7, 11) is 0. The maximum absolute atomic E-state index is 13.0. The minimum absolute atomic E-state index is 0.450. The van der Waals surface area contributed by atoms with Gasteiger partial charge in [0.2, 0.25) is 5.95 Å². The molecule has 0 saturated carbocycles. The van der Waals surface area contributed by atoms with Crippen molar-refractivity contribution in [2.24, 2.45) is 0 Å². The van der Waals surface area contributed by atoms with E-state index in [1.165, 1.54) is 11.6 Å². The van der Waals surface area contributed by atoms with Gasteiger partial charge in [-0.05, 0) is 13.8 Å². The number of rotatable bonds is 1. The van der Waals surface area contributed by atoms with Gasteiger partial charge in [0.25, 0.3) is 0 Å². The Morgan fingerprint density at radius 3 is 2.27 bits per heavy atom. The van der Waals surface area contributed by atoms with E-state index in [9.17, 15) is 4.39 Å². The van der Waals surface area contributed by atoms with E-state index < -0.39 is 5.95 Å². The monoisotopic (exact) mass is 202 g/mol. The number of hydrogen-bond acceptors (Lipinski definition) is 2. The Morgan fingerprint density at radius 2 is 1.67 bits per heavy atom.